The van der Waals surface area contributed by atoms with Crippen LogP contribution in [0.4, 0.5) is 5.69 Å². The number of anilines is 1. The van der Waals surface area contributed by atoms with Crippen molar-refractivity contribution in [3.63, 3.8) is 0 Å². The number of aromatic nitrogens is 1. The Morgan fingerprint density at radius 3 is 2.47 bits per heavy atom. The highest BCUT2D eigenvalue weighted by Gasteiger charge is 2.57. The first-order chi connectivity index (χ1) is 17.3. The first-order valence-corrected chi connectivity index (χ1v) is 13.2. The van der Waals surface area contributed by atoms with Crippen LogP contribution in [0.15, 0.2) is 58.4 Å². The summed E-state index contributed by atoms with van der Waals surface area (Å²) in [5, 5.41) is 0.189. The minimum atomic E-state index is -0.793. The number of carbonyl (C=O) groups is 3. The second-order valence-corrected chi connectivity index (χ2v) is 10.8. The van der Waals surface area contributed by atoms with E-state index in [0.717, 1.165) is 23.1 Å². The van der Waals surface area contributed by atoms with Gasteiger partial charge in [0.2, 0.25) is 11.8 Å². The summed E-state index contributed by atoms with van der Waals surface area (Å²) in [5.74, 6) is -2.13. The fourth-order valence-electron chi connectivity index (χ4n) is 4.69. The molecule has 3 atom stereocenters. The minimum absolute atomic E-state index is 0.185. The molecule has 5 rings (SSSR count). The van der Waals surface area contributed by atoms with Gasteiger partial charge in [0, 0.05) is 21.4 Å². The third-order valence-electron chi connectivity index (χ3n) is 6.20. The van der Waals surface area contributed by atoms with Crippen LogP contribution in [0.5, 0.6) is 5.75 Å². The molecule has 186 valence electrons. The van der Waals surface area contributed by atoms with Crippen molar-refractivity contribution < 1.29 is 23.9 Å². The molecule has 2 aliphatic heterocycles. The van der Waals surface area contributed by atoms with Crippen molar-refractivity contribution in [3.05, 3.63) is 73.7 Å². The van der Waals surface area contributed by atoms with Gasteiger partial charge in [-0.1, -0.05) is 52.9 Å². The Balaban J connectivity index is 1.67. The van der Waals surface area contributed by atoms with Gasteiger partial charge in [0.1, 0.15) is 17.5 Å². The molecule has 3 aromatic rings. The van der Waals surface area contributed by atoms with Gasteiger partial charge in [-0.3, -0.25) is 23.7 Å². The zero-order valence-corrected chi connectivity index (χ0v) is 21.7. The molecular weight excluding hydrogens is 524 g/mol. The number of hydrogen-bond donors (Lipinski definition) is 0. The van der Waals surface area contributed by atoms with Gasteiger partial charge in [0.05, 0.1) is 30.3 Å². The van der Waals surface area contributed by atoms with Crippen LogP contribution in [0, 0.1) is 5.92 Å². The van der Waals surface area contributed by atoms with E-state index in [1.807, 2.05) is 18.2 Å². The summed E-state index contributed by atoms with van der Waals surface area (Å²) in [5.41, 5.74) is 1.12. The maximum atomic E-state index is 13.8. The number of halogens is 1. The third-order valence-corrected chi connectivity index (χ3v) is 9.06. The number of benzene rings is 2. The highest BCUT2D eigenvalue weighted by Crippen LogP contribution is 2.55. The lowest BCUT2D eigenvalue weighted by atomic mass is 9.82. The Morgan fingerprint density at radius 1 is 1.06 bits per heavy atom. The zero-order valence-electron chi connectivity index (χ0n) is 19.3. The Bertz CT molecular complexity index is 1420. The Kier molecular flexibility index (Phi) is 6.67. The van der Waals surface area contributed by atoms with Crippen molar-refractivity contribution in [2.45, 2.75) is 29.7 Å². The second-order valence-electron chi connectivity index (χ2n) is 8.20. The molecule has 36 heavy (non-hydrogen) atoms. The van der Waals surface area contributed by atoms with E-state index >= 15 is 0 Å². The van der Waals surface area contributed by atoms with Gasteiger partial charge in [-0.05, 0) is 37.3 Å². The number of nitrogens with zero attached hydrogens (tertiary/aromatic N) is 2. The standard InChI is InChI=1S/C25H21ClN2O6S2/c1-3-34-17(29)12-27-24-21(36-25(27)32)18(15-6-4-5-7-16(15)33-2)19-20(35-24)23(31)28(22(19)30)14-10-8-13(26)9-11-14/h4-11,18-20H,3,12H2,1-2H3. The number of esters is 1. The van der Waals surface area contributed by atoms with Crippen LogP contribution in [0.25, 0.3) is 0 Å². The lowest BCUT2D eigenvalue weighted by molar-refractivity contribution is -0.144. The van der Waals surface area contributed by atoms with Crippen LogP contribution in [0.1, 0.15) is 23.3 Å². The van der Waals surface area contributed by atoms with E-state index in [1.54, 1.807) is 37.3 Å². The van der Waals surface area contributed by atoms with Crippen molar-refractivity contribution in [2.75, 3.05) is 18.6 Å². The van der Waals surface area contributed by atoms with Crippen LogP contribution in [0.2, 0.25) is 5.02 Å². The van der Waals surface area contributed by atoms with Crippen LogP contribution in [0.3, 0.4) is 0 Å². The van der Waals surface area contributed by atoms with Gasteiger partial charge in [0.25, 0.3) is 0 Å². The van der Waals surface area contributed by atoms with Crippen molar-refractivity contribution in [1.29, 1.82) is 0 Å². The maximum Gasteiger partial charge on any atom is 0.326 e. The summed E-state index contributed by atoms with van der Waals surface area (Å²) in [6, 6.07) is 13.8. The van der Waals surface area contributed by atoms with Crippen molar-refractivity contribution in [2.24, 2.45) is 5.92 Å². The van der Waals surface area contributed by atoms with Crippen LogP contribution in [-0.2, 0) is 25.7 Å². The fraction of sp³-hybridized carbons (Fsp3) is 0.280. The van der Waals surface area contributed by atoms with Gasteiger partial charge >= 0.3 is 10.8 Å². The average molecular weight is 545 g/mol. The van der Waals surface area contributed by atoms with Gasteiger partial charge < -0.3 is 9.47 Å². The molecule has 0 aliphatic carbocycles. The normalized spacial score (nSPS) is 20.8. The number of rotatable bonds is 6. The zero-order chi connectivity index (χ0) is 25.6. The SMILES string of the molecule is CCOC(=O)Cn1c2c(sc1=O)C(c1ccccc1OC)C1C(=O)N(c3ccc(Cl)cc3)C(=O)C1S2. The molecule has 11 heteroatoms. The molecule has 3 heterocycles. The van der Waals surface area contributed by atoms with Crippen LogP contribution < -0.4 is 14.5 Å². The summed E-state index contributed by atoms with van der Waals surface area (Å²) in [4.78, 5) is 54.2. The van der Waals surface area contributed by atoms with E-state index in [4.69, 9.17) is 21.1 Å². The molecule has 2 amide bonds. The number of thioether (sulfide) groups is 1. The monoisotopic (exact) mass is 544 g/mol. The van der Waals surface area contributed by atoms with E-state index in [-0.39, 0.29) is 29.8 Å². The molecule has 0 saturated carbocycles. The molecule has 0 spiro atoms. The number of hydrogen-bond acceptors (Lipinski definition) is 8. The molecule has 8 nitrogen and oxygen atoms in total. The largest absolute Gasteiger partial charge is 0.496 e. The van der Waals surface area contributed by atoms with Crippen molar-refractivity contribution in [1.82, 2.24) is 4.57 Å². The number of amides is 2. The van der Waals surface area contributed by atoms with Gasteiger partial charge in [-0.2, -0.15) is 0 Å². The predicted molar refractivity (Wildman–Crippen MR) is 137 cm³/mol. The number of methoxy groups -OCH3 is 1. The van der Waals surface area contributed by atoms with Crippen molar-refractivity contribution in [3.8, 4) is 5.75 Å². The van der Waals surface area contributed by atoms with Gasteiger partial charge in [-0.15, -0.1) is 0 Å². The molecular formula is C25H21ClN2O6S2. The van der Waals surface area contributed by atoms with Crippen molar-refractivity contribution >= 4 is 58.2 Å². The summed E-state index contributed by atoms with van der Waals surface area (Å²) in [6.45, 7) is 1.60. The molecule has 0 bridgehead atoms. The lowest BCUT2D eigenvalue weighted by Crippen LogP contribution is -2.33. The maximum absolute atomic E-state index is 13.8. The molecule has 0 N–H and O–H groups in total. The highest BCUT2D eigenvalue weighted by atomic mass is 35.5. The highest BCUT2D eigenvalue weighted by molar-refractivity contribution is 8.00. The molecule has 1 fully saturated rings. The Labute approximate surface area is 219 Å². The van der Waals surface area contributed by atoms with Crippen LogP contribution in [-0.4, -0.2) is 41.3 Å². The van der Waals surface area contributed by atoms with E-state index in [2.05, 4.69) is 0 Å². The first-order valence-electron chi connectivity index (χ1n) is 11.2. The number of para-hydroxylation sites is 1. The third kappa shape index (κ3) is 4.03. The second kappa shape index (κ2) is 9.76. The number of ether oxygens (including phenoxy) is 2. The summed E-state index contributed by atoms with van der Waals surface area (Å²) < 4.78 is 12.0. The molecule has 2 aromatic carbocycles. The molecule has 1 aromatic heterocycles. The van der Waals surface area contributed by atoms with E-state index in [9.17, 15) is 19.2 Å². The number of imide groups is 1. The average Bonchev–Trinajstić information content (AvgIpc) is 3.31. The summed E-state index contributed by atoms with van der Waals surface area (Å²) in [6.07, 6.45) is 0. The Morgan fingerprint density at radius 2 is 1.78 bits per heavy atom. The topological polar surface area (TPSA) is 94.9 Å². The molecule has 1 saturated heterocycles. The predicted octanol–water partition coefficient (Wildman–Crippen LogP) is 3.93. The van der Waals surface area contributed by atoms with E-state index in [1.165, 1.54) is 16.6 Å². The fourth-order valence-corrected chi connectivity index (χ4v) is 7.58. The van der Waals surface area contributed by atoms with E-state index < -0.39 is 23.1 Å². The Hall–Kier alpha value is -3.08. The van der Waals surface area contributed by atoms with Gasteiger partial charge in [0.15, 0.2) is 0 Å². The number of thiazole rings is 1. The quantitative estimate of drug-likeness (QED) is 0.343. The van der Waals surface area contributed by atoms with Gasteiger partial charge in [-0.25, -0.2) is 4.90 Å². The molecule has 0 radical (unpaired) electrons. The lowest BCUT2D eigenvalue weighted by Gasteiger charge is -2.31. The first kappa shape index (κ1) is 24.6. The minimum Gasteiger partial charge on any atom is -0.496 e. The number of fused-ring (bicyclic) bond motifs is 2. The smallest absolute Gasteiger partial charge is 0.326 e. The van der Waals surface area contributed by atoms with Crippen LogP contribution >= 0.6 is 34.7 Å². The molecule has 2 aliphatic rings. The molecule has 3 unspecified atom stereocenters. The number of carbonyl (C=O) groups excluding carboxylic acids is 3. The summed E-state index contributed by atoms with van der Waals surface area (Å²) >= 11 is 8.14. The van der Waals surface area contributed by atoms with E-state index in [0.29, 0.717) is 31.9 Å². The summed E-state index contributed by atoms with van der Waals surface area (Å²) in [7, 11) is 1.53.